The molecule has 0 aromatic heterocycles. The molecule has 0 saturated heterocycles. The number of rotatable bonds is 8. The van der Waals surface area contributed by atoms with Crippen LogP contribution < -0.4 is 0 Å². The highest BCUT2D eigenvalue weighted by molar-refractivity contribution is 7.94. The summed E-state index contributed by atoms with van der Waals surface area (Å²) in [6, 6.07) is 9.98. The van der Waals surface area contributed by atoms with Crippen LogP contribution in [-0.2, 0) is 13.7 Å². The summed E-state index contributed by atoms with van der Waals surface area (Å²) in [5, 5.41) is 0. The van der Waals surface area contributed by atoms with Crippen molar-refractivity contribution in [2.45, 2.75) is 32.1 Å². The van der Waals surface area contributed by atoms with Gasteiger partial charge < -0.3 is 8.92 Å². The average Bonchev–Trinajstić information content (AvgIpc) is 2.45. The van der Waals surface area contributed by atoms with Gasteiger partial charge in [0.15, 0.2) is 0 Å². The zero-order chi connectivity index (χ0) is 14.8. The Bertz CT molecular complexity index is 429. The molecule has 1 rings (SSSR count). The van der Waals surface area contributed by atoms with Crippen molar-refractivity contribution >= 4 is 18.0 Å². The maximum Gasteiger partial charge on any atom is 0.333 e. The molecule has 110 valence electrons. The Morgan fingerprint density at radius 2 is 2.05 bits per heavy atom. The molecule has 0 spiro atoms. The Balaban J connectivity index is 2.24. The van der Waals surface area contributed by atoms with E-state index in [1.807, 2.05) is 43.3 Å². The van der Waals surface area contributed by atoms with Crippen LogP contribution in [0.1, 0.15) is 27.2 Å². The van der Waals surface area contributed by atoms with E-state index in [-0.39, 0.29) is 11.9 Å². The van der Waals surface area contributed by atoms with Gasteiger partial charge in [0, 0.05) is 22.5 Å². The number of ether oxygens (including phenoxy) is 1. The number of hydrogen-bond donors (Lipinski definition) is 0. The lowest BCUT2D eigenvalue weighted by molar-refractivity contribution is -0.138. The third-order valence-electron chi connectivity index (χ3n) is 2.69. The van der Waals surface area contributed by atoms with Gasteiger partial charge in [0.05, 0.1) is 13.2 Å². The summed E-state index contributed by atoms with van der Waals surface area (Å²) in [4.78, 5) is 12.6. The Hall–Kier alpha value is -1.26. The summed E-state index contributed by atoms with van der Waals surface area (Å²) in [5.41, 5.74) is 0.662. The fourth-order valence-electron chi connectivity index (χ4n) is 1.64. The van der Waals surface area contributed by atoms with Crippen LogP contribution >= 0.6 is 12.0 Å². The van der Waals surface area contributed by atoms with E-state index in [0.29, 0.717) is 18.8 Å². The van der Waals surface area contributed by atoms with Gasteiger partial charge in [-0.05, 0) is 38.3 Å². The molecule has 0 aliphatic rings. The first-order chi connectivity index (χ1) is 9.63. The van der Waals surface area contributed by atoms with Crippen LogP contribution in [-0.4, -0.2) is 19.2 Å². The van der Waals surface area contributed by atoms with Crippen LogP contribution in [0.25, 0.3) is 0 Å². The molecule has 0 amide bonds. The Labute approximate surface area is 125 Å². The van der Waals surface area contributed by atoms with Gasteiger partial charge in [0.2, 0.25) is 0 Å². The molecule has 0 radical (unpaired) electrons. The second kappa shape index (κ2) is 9.61. The lowest BCUT2D eigenvalue weighted by atomic mass is 10.1. The van der Waals surface area contributed by atoms with Crippen molar-refractivity contribution in [3.8, 4) is 0 Å². The van der Waals surface area contributed by atoms with Gasteiger partial charge in [-0.1, -0.05) is 31.2 Å². The normalized spacial score (nSPS) is 13.1. The molecule has 20 heavy (non-hydrogen) atoms. The summed E-state index contributed by atoms with van der Waals surface area (Å²) in [6.07, 6.45) is 2.81. The zero-order valence-electron chi connectivity index (χ0n) is 12.3. The van der Waals surface area contributed by atoms with E-state index in [9.17, 15) is 4.79 Å². The first kappa shape index (κ1) is 16.8. The molecule has 0 saturated carbocycles. The smallest absolute Gasteiger partial charge is 0.333 e. The summed E-state index contributed by atoms with van der Waals surface area (Å²) in [5.74, 6) is 0.0507. The minimum Gasteiger partial charge on any atom is -0.463 e. The second-order valence-electron chi connectivity index (χ2n) is 4.55. The van der Waals surface area contributed by atoms with Crippen molar-refractivity contribution in [2.24, 2.45) is 5.92 Å². The van der Waals surface area contributed by atoms with Gasteiger partial charge in [-0.3, -0.25) is 0 Å². The summed E-state index contributed by atoms with van der Waals surface area (Å²) in [7, 11) is 0. The average molecular weight is 294 g/mol. The highest BCUT2D eigenvalue weighted by Crippen LogP contribution is 2.19. The molecule has 3 nitrogen and oxygen atoms in total. The SMILES string of the molecule is CCOC(=O)/C(C)=C/C(C)CCOSc1ccccc1. The minimum atomic E-state index is -0.237. The van der Waals surface area contributed by atoms with Crippen LogP contribution in [0.4, 0.5) is 0 Å². The van der Waals surface area contributed by atoms with Crippen molar-refractivity contribution in [2.75, 3.05) is 13.2 Å². The second-order valence-corrected chi connectivity index (χ2v) is 5.43. The molecular formula is C16H22O3S. The monoisotopic (exact) mass is 294 g/mol. The van der Waals surface area contributed by atoms with E-state index >= 15 is 0 Å². The Morgan fingerprint density at radius 3 is 2.70 bits per heavy atom. The molecule has 0 aliphatic heterocycles. The number of benzene rings is 1. The first-order valence-corrected chi connectivity index (χ1v) is 7.57. The maximum absolute atomic E-state index is 11.5. The van der Waals surface area contributed by atoms with Gasteiger partial charge in [-0.2, -0.15) is 0 Å². The molecular weight excluding hydrogens is 272 g/mol. The number of esters is 1. The van der Waals surface area contributed by atoms with E-state index in [1.165, 1.54) is 12.0 Å². The molecule has 1 aromatic carbocycles. The van der Waals surface area contributed by atoms with E-state index in [2.05, 4.69) is 6.92 Å². The third-order valence-corrected chi connectivity index (χ3v) is 3.44. The predicted molar refractivity (Wildman–Crippen MR) is 82.4 cm³/mol. The molecule has 1 unspecified atom stereocenters. The zero-order valence-corrected chi connectivity index (χ0v) is 13.1. The van der Waals surface area contributed by atoms with Crippen molar-refractivity contribution in [3.63, 3.8) is 0 Å². The quantitative estimate of drug-likeness (QED) is 0.311. The van der Waals surface area contributed by atoms with E-state index in [1.54, 1.807) is 6.92 Å². The minimum absolute atomic E-state index is 0.237. The van der Waals surface area contributed by atoms with Gasteiger partial charge in [0.25, 0.3) is 0 Å². The van der Waals surface area contributed by atoms with Gasteiger partial charge in [0.1, 0.15) is 0 Å². The fourth-order valence-corrected chi connectivity index (χ4v) is 2.23. The van der Waals surface area contributed by atoms with Gasteiger partial charge in [-0.15, -0.1) is 0 Å². The highest BCUT2D eigenvalue weighted by Gasteiger charge is 2.07. The van der Waals surface area contributed by atoms with Crippen molar-refractivity contribution < 1.29 is 13.7 Å². The molecule has 1 aromatic rings. The van der Waals surface area contributed by atoms with Crippen molar-refractivity contribution in [1.29, 1.82) is 0 Å². The van der Waals surface area contributed by atoms with Crippen LogP contribution in [0.3, 0.4) is 0 Å². The standard InChI is InChI=1S/C16H22O3S/c1-4-18-16(17)14(3)12-13(2)10-11-19-20-15-8-6-5-7-9-15/h5-9,12-13H,4,10-11H2,1-3H3/b14-12+. The molecule has 0 fully saturated rings. The first-order valence-electron chi connectivity index (χ1n) is 6.83. The van der Waals surface area contributed by atoms with Gasteiger partial charge in [-0.25, -0.2) is 4.79 Å². The molecule has 0 N–H and O–H groups in total. The van der Waals surface area contributed by atoms with Crippen molar-refractivity contribution in [1.82, 2.24) is 0 Å². The van der Waals surface area contributed by atoms with Crippen LogP contribution in [0, 0.1) is 5.92 Å². The lowest BCUT2D eigenvalue weighted by Crippen LogP contribution is -2.07. The maximum atomic E-state index is 11.5. The number of carbonyl (C=O) groups is 1. The van der Waals surface area contributed by atoms with E-state index in [4.69, 9.17) is 8.92 Å². The fraction of sp³-hybridized carbons (Fsp3) is 0.438. The van der Waals surface area contributed by atoms with E-state index in [0.717, 1.165) is 11.3 Å². The molecule has 4 heteroatoms. The largest absolute Gasteiger partial charge is 0.463 e. The van der Waals surface area contributed by atoms with Crippen LogP contribution in [0.5, 0.6) is 0 Å². The number of hydrogen-bond acceptors (Lipinski definition) is 4. The summed E-state index contributed by atoms with van der Waals surface area (Å²) >= 11 is 1.38. The Morgan fingerprint density at radius 1 is 1.35 bits per heavy atom. The van der Waals surface area contributed by atoms with E-state index < -0.39 is 0 Å². The molecule has 0 heterocycles. The van der Waals surface area contributed by atoms with Crippen LogP contribution in [0.2, 0.25) is 0 Å². The lowest BCUT2D eigenvalue weighted by Gasteiger charge is -2.08. The summed E-state index contributed by atoms with van der Waals surface area (Å²) < 4.78 is 10.5. The molecule has 0 aliphatic carbocycles. The number of carbonyl (C=O) groups excluding carboxylic acids is 1. The van der Waals surface area contributed by atoms with Crippen LogP contribution in [0.15, 0.2) is 46.9 Å². The topological polar surface area (TPSA) is 35.5 Å². The number of allylic oxidation sites excluding steroid dienone is 1. The molecule has 0 bridgehead atoms. The summed E-state index contributed by atoms with van der Waals surface area (Å²) in [6.45, 7) is 6.72. The predicted octanol–water partition coefficient (Wildman–Crippen LogP) is 4.25. The highest BCUT2D eigenvalue weighted by atomic mass is 32.2. The molecule has 1 atom stereocenters. The third kappa shape index (κ3) is 6.78. The van der Waals surface area contributed by atoms with Gasteiger partial charge >= 0.3 is 5.97 Å². The Kier molecular flexibility index (Phi) is 8.07. The van der Waals surface area contributed by atoms with Crippen molar-refractivity contribution in [3.05, 3.63) is 42.0 Å².